The van der Waals surface area contributed by atoms with Crippen LogP contribution in [0.25, 0.3) is 0 Å². The Bertz CT molecular complexity index is 399. The van der Waals surface area contributed by atoms with E-state index >= 15 is 0 Å². The number of hydrogen-bond acceptors (Lipinski definition) is 5. The normalized spacial score (nSPS) is 16.3. The molecular weight excluding hydrogens is 232 g/mol. The number of nitrogens with zero attached hydrogens (tertiary/aromatic N) is 3. The lowest BCUT2D eigenvalue weighted by molar-refractivity contribution is 0.0820. The highest BCUT2D eigenvalue weighted by Gasteiger charge is 2.16. The first-order valence-corrected chi connectivity index (χ1v) is 6.09. The Balaban J connectivity index is 1.96. The summed E-state index contributed by atoms with van der Waals surface area (Å²) in [5, 5.41) is 11.1. The largest absolute Gasteiger partial charge is 0.473 e. The zero-order valence-corrected chi connectivity index (χ0v) is 10.7. The van der Waals surface area contributed by atoms with E-state index < -0.39 is 0 Å². The Morgan fingerprint density at radius 1 is 1.33 bits per heavy atom. The third-order valence-corrected chi connectivity index (χ3v) is 2.84. The molecule has 0 radical (unpaired) electrons. The number of carbonyl (C=O) groups excluding carboxylic acids is 1. The topological polar surface area (TPSA) is 67.3 Å². The summed E-state index contributed by atoms with van der Waals surface area (Å²) < 4.78 is 5.71. The number of nitrogens with one attached hydrogen (secondary N) is 1. The minimum atomic E-state index is -0.157. The monoisotopic (exact) mass is 250 g/mol. The van der Waals surface area contributed by atoms with E-state index in [0.29, 0.717) is 11.6 Å². The van der Waals surface area contributed by atoms with E-state index in [0.717, 1.165) is 25.9 Å². The molecule has 0 unspecified atom stereocenters. The molecule has 6 nitrogen and oxygen atoms in total. The van der Waals surface area contributed by atoms with Crippen LogP contribution in [0.4, 0.5) is 0 Å². The Morgan fingerprint density at radius 3 is 2.61 bits per heavy atom. The molecule has 1 amide bonds. The molecular formula is C12H18N4O2. The van der Waals surface area contributed by atoms with Gasteiger partial charge in [-0.3, -0.25) is 4.79 Å². The van der Waals surface area contributed by atoms with Gasteiger partial charge in [-0.15, -0.1) is 10.2 Å². The number of aromatic nitrogens is 2. The summed E-state index contributed by atoms with van der Waals surface area (Å²) in [6.07, 6.45) is 2.14. The van der Waals surface area contributed by atoms with Crippen molar-refractivity contribution in [3.63, 3.8) is 0 Å². The van der Waals surface area contributed by atoms with Crippen molar-refractivity contribution in [1.29, 1.82) is 0 Å². The van der Waals surface area contributed by atoms with Gasteiger partial charge in [0.2, 0.25) is 5.88 Å². The average molecular weight is 250 g/mol. The van der Waals surface area contributed by atoms with Gasteiger partial charge in [0.25, 0.3) is 5.91 Å². The van der Waals surface area contributed by atoms with Gasteiger partial charge < -0.3 is 15.0 Å². The van der Waals surface area contributed by atoms with Crippen molar-refractivity contribution in [2.45, 2.75) is 18.9 Å². The fraction of sp³-hybridized carbons (Fsp3) is 0.583. The second-order valence-electron chi connectivity index (χ2n) is 4.52. The van der Waals surface area contributed by atoms with Crippen LogP contribution in [0.3, 0.4) is 0 Å². The van der Waals surface area contributed by atoms with Gasteiger partial charge in [-0.1, -0.05) is 0 Å². The van der Waals surface area contributed by atoms with E-state index in [1.54, 1.807) is 26.2 Å². The standard InChI is InChI=1S/C12H18N4O2/c1-16(2)12(17)10-3-4-11(15-14-10)18-9-5-7-13-8-6-9/h3-4,9,13H,5-8H2,1-2H3. The number of ether oxygens (including phenoxy) is 1. The predicted molar refractivity (Wildman–Crippen MR) is 66.6 cm³/mol. The van der Waals surface area contributed by atoms with Crippen molar-refractivity contribution < 1.29 is 9.53 Å². The van der Waals surface area contributed by atoms with Crippen LogP contribution in [-0.2, 0) is 0 Å². The van der Waals surface area contributed by atoms with Gasteiger partial charge in [0, 0.05) is 20.2 Å². The molecule has 1 fully saturated rings. The summed E-state index contributed by atoms with van der Waals surface area (Å²) in [5.74, 6) is 0.327. The summed E-state index contributed by atoms with van der Waals surface area (Å²) >= 11 is 0. The Hall–Kier alpha value is -1.69. The zero-order valence-electron chi connectivity index (χ0n) is 10.7. The molecule has 1 N–H and O–H groups in total. The van der Waals surface area contributed by atoms with Crippen molar-refractivity contribution in [3.8, 4) is 5.88 Å². The smallest absolute Gasteiger partial charge is 0.273 e. The number of hydrogen-bond donors (Lipinski definition) is 1. The van der Waals surface area contributed by atoms with E-state index in [-0.39, 0.29) is 12.0 Å². The van der Waals surface area contributed by atoms with Crippen molar-refractivity contribution in [2.24, 2.45) is 0 Å². The van der Waals surface area contributed by atoms with E-state index in [4.69, 9.17) is 4.74 Å². The lowest BCUT2D eigenvalue weighted by Gasteiger charge is -2.22. The highest BCUT2D eigenvalue weighted by atomic mass is 16.5. The van der Waals surface area contributed by atoms with Crippen LogP contribution in [0.1, 0.15) is 23.3 Å². The van der Waals surface area contributed by atoms with Gasteiger partial charge in [0.05, 0.1) is 0 Å². The van der Waals surface area contributed by atoms with Crippen LogP contribution in [0.5, 0.6) is 5.88 Å². The number of carbonyl (C=O) groups is 1. The summed E-state index contributed by atoms with van der Waals surface area (Å²) in [6.45, 7) is 1.94. The lowest BCUT2D eigenvalue weighted by atomic mass is 10.1. The van der Waals surface area contributed by atoms with E-state index in [2.05, 4.69) is 15.5 Å². The third kappa shape index (κ3) is 3.16. The first kappa shape index (κ1) is 12.8. The fourth-order valence-electron chi connectivity index (χ4n) is 1.81. The molecule has 1 aromatic rings. The maximum atomic E-state index is 11.6. The molecule has 1 aliphatic rings. The number of piperidine rings is 1. The fourth-order valence-corrected chi connectivity index (χ4v) is 1.81. The molecule has 0 aromatic carbocycles. The van der Waals surface area contributed by atoms with Crippen molar-refractivity contribution in [3.05, 3.63) is 17.8 Å². The van der Waals surface area contributed by atoms with Gasteiger partial charge in [-0.25, -0.2) is 0 Å². The zero-order chi connectivity index (χ0) is 13.0. The van der Waals surface area contributed by atoms with Gasteiger partial charge in [-0.05, 0) is 32.0 Å². The second kappa shape index (κ2) is 5.77. The SMILES string of the molecule is CN(C)C(=O)c1ccc(OC2CCNCC2)nn1. The van der Waals surface area contributed by atoms with E-state index in [1.807, 2.05) is 0 Å². The minimum Gasteiger partial charge on any atom is -0.473 e. The Kier molecular flexibility index (Phi) is 4.09. The number of amides is 1. The van der Waals surface area contributed by atoms with Crippen molar-refractivity contribution >= 4 is 5.91 Å². The van der Waals surface area contributed by atoms with Crippen molar-refractivity contribution in [2.75, 3.05) is 27.2 Å². The summed E-state index contributed by atoms with van der Waals surface area (Å²) in [7, 11) is 3.37. The van der Waals surface area contributed by atoms with E-state index in [9.17, 15) is 4.79 Å². The molecule has 0 aliphatic carbocycles. The summed E-state index contributed by atoms with van der Waals surface area (Å²) in [6, 6.07) is 3.34. The first-order chi connectivity index (χ1) is 8.66. The molecule has 6 heteroatoms. The van der Waals surface area contributed by atoms with Crippen LogP contribution in [0, 0.1) is 0 Å². The van der Waals surface area contributed by atoms with Crippen LogP contribution in [0.15, 0.2) is 12.1 Å². The van der Waals surface area contributed by atoms with Gasteiger partial charge in [0.1, 0.15) is 6.10 Å². The third-order valence-electron chi connectivity index (χ3n) is 2.84. The average Bonchev–Trinajstić information content (AvgIpc) is 2.40. The first-order valence-electron chi connectivity index (χ1n) is 6.09. The minimum absolute atomic E-state index is 0.157. The maximum absolute atomic E-state index is 11.6. The van der Waals surface area contributed by atoms with Crippen LogP contribution in [0.2, 0.25) is 0 Å². The van der Waals surface area contributed by atoms with Gasteiger partial charge in [-0.2, -0.15) is 0 Å². The maximum Gasteiger partial charge on any atom is 0.273 e. The quantitative estimate of drug-likeness (QED) is 0.836. The summed E-state index contributed by atoms with van der Waals surface area (Å²) in [4.78, 5) is 13.1. The van der Waals surface area contributed by atoms with Crippen LogP contribution in [-0.4, -0.2) is 54.3 Å². The molecule has 0 bridgehead atoms. The molecule has 1 saturated heterocycles. The Labute approximate surface area is 106 Å². The lowest BCUT2D eigenvalue weighted by Crippen LogP contribution is -2.34. The van der Waals surface area contributed by atoms with Crippen molar-refractivity contribution in [1.82, 2.24) is 20.4 Å². The molecule has 1 aromatic heterocycles. The molecule has 2 rings (SSSR count). The molecule has 98 valence electrons. The molecule has 0 atom stereocenters. The highest BCUT2D eigenvalue weighted by Crippen LogP contribution is 2.13. The molecule has 2 heterocycles. The molecule has 0 spiro atoms. The Morgan fingerprint density at radius 2 is 2.06 bits per heavy atom. The predicted octanol–water partition coefficient (Wildman–Crippen LogP) is 0.309. The van der Waals surface area contributed by atoms with Gasteiger partial charge >= 0.3 is 0 Å². The van der Waals surface area contributed by atoms with Gasteiger partial charge in [0.15, 0.2) is 5.69 Å². The van der Waals surface area contributed by atoms with Crippen LogP contribution < -0.4 is 10.1 Å². The van der Waals surface area contributed by atoms with Crippen LogP contribution >= 0.6 is 0 Å². The number of rotatable bonds is 3. The second-order valence-corrected chi connectivity index (χ2v) is 4.52. The molecule has 1 aliphatic heterocycles. The highest BCUT2D eigenvalue weighted by molar-refractivity contribution is 5.91. The molecule has 18 heavy (non-hydrogen) atoms. The summed E-state index contributed by atoms with van der Waals surface area (Å²) in [5.41, 5.74) is 0.331. The van der Waals surface area contributed by atoms with E-state index in [1.165, 1.54) is 4.90 Å². The molecule has 0 saturated carbocycles.